The highest BCUT2D eigenvalue weighted by atomic mass is 79.9. The number of aromatic nitrogens is 1. The van der Waals surface area contributed by atoms with Crippen LogP contribution in [0.1, 0.15) is 5.69 Å². The van der Waals surface area contributed by atoms with E-state index >= 15 is 0 Å². The van der Waals surface area contributed by atoms with Crippen LogP contribution < -0.4 is 0 Å². The van der Waals surface area contributed by atoms with Gasteiger partial charge in [-0.1, -0.05) is 39.1 Å². The number of thiazole rings is 1. The first kappa shape index (κ1) is 16.2. The number of hydrogen-bond acceptors (Lipinski definition) is 4. The Hall–Kier alpha value is -0.180. The highest BCUT2D eigenvalue weighted by molar-refractivity contribution is 9.10. The fourth-order valence-corrected chi connectivity index (χ4v) is 5.13. The first-order chi connectivity index (χ1) is 9.32. The standard InChI is InChI=1S/C11H9BrCl2N2O2S2/c1-16(4-8-5-19-6-15-8)20(17,18)11-9(13)2-7(12)3-10(11)14/h2-3,5-6H,4H2,1H3. The van der Waals surface area contributed by atoms with Gasteiger partial charge in [-0.2, -0.15) is 4.31 Å². The molecule has 0 aliphatic carbocycles. The summed E-state index contributed by atoms with van der Waals surface area (Å²) < 4.78 is 26.8. The molecule has 108 valence electrons. The molecule has 4 nitrogen and oxygen atoms in total. The first-order valence-corrected chi connectivity index (χ1v) is 9.23. The maximum atomic E-state index is 12.5. The summed E-state index contributed by atoms with van der Waals surface area (Å²) in [6, 6.07) is 2.99. The SMILES string of the molecule is CN(Cc1cscn1)S(=O)(=O)c1c(Cl)cc(Br)cc1Cl. The van der Waals surface area contributed by atoms with E-state index in [2.05, 4.69) is 20.9 Å². The molecule has 0 fully saturated rings. The number of nitrogens with zero attached hydrogens (tertiary/aromatic N) is 2. The summed E-state index contributed by atoms with van der Waals surface area (Å²) in [6.07, 6.45) is 0. The van der Waals surface area contributed by atoms with Crippen molar-refractivity contribution < 1.29 is 8.42 Å². The molecular weight excluding hydrogens is 407 g/mol. The third-order valence-corrected chi connectivity index (χ3v) is 6.32. The Bertz CT molecular complexity index is 697. The van der Waals surface area contributed by atoms with Gasteiger partial charge in [0.2, 0.25) is 10.0 Å². The van der Waals surface area contributed by atoms with Crippen LogP contribution in [-0.2, 0) is 16.6 Å². The summed E-state index contributed by atoms with van der Waals surface area (Å²) in [5, 5.41) is 1.94. The Kier molecular flexibility index (Phi) is 5.09. The molecule has 0 N–H and O–H groups in total. The first-order valence-electron chi connectivity index (χ1n) is 5.30. The van der Waals surface area contributed by atoms with Gasteiger partial charge in [0.1, 0.15) is 4.90 Å². The van der Waals surface area contributed by atoms with Crippen molar-refractivity contribution in [2.75, 3.05) is 7.05 Å². The molecule has 0 bridgehead atoms. The molecule has 0 atom stereocenters. The maximum absolute atomic E-state index is 12.5. The molecule has 0 aliphatic rings. The van der Waals surface area contributed by atoms with Crippen molar-refractivity contribution in [2.24, 2.45) is 0 Å². The fourth-order valence-electron chi connectivity index (χ4n) is 1.56. The van der Waals surface area contributed by atoms with Gasteiger partial charge in [0.25, 0.3) is 0 Å². The van der Waals surface area contributed by atoms with Crippen molar-refractivity contribution in [1.29, 1.82) is 0 Å². The molecule has 2 aromatic rings. The summed E-state index contributed by atoms with van der Waals surface area (Å²) in [4.78, 5) is 3.97. The Labute approximate surface area is 139 Å². The molecule has 1 aromatic carbocycles. The van der Waals surface area contributed by atoms with Crippen molar-refractivity contribution in [1.82, 2.24) is 9.29 Å². The largest absolute Gasteiger partial charge is 0.248 e. The van der Waals surface area contributed by atoms with Gasteiger partial charge in [0, 0.05) is 16.9 Å². The minimum atomic E-state index is -3.78. The van der Waals surface area contributed by atoms with Crippen LogP contribution in [0, 0.1) is 0 Å². The predicted molar refractivity (Wildman–Crippen MR) is 84.9 cm³/mol. The van der Waals surface area contributed by atoms with Crippen molar-refractivity contribution in [3.05, 3.63) is 43.2 Å². The zero-order valence-corrected chi connectivity index (χ0v) is 14.9. The Morgan fingerprint density at radius 2 is 1.95 bits per heavy atom. The van der Waals surface area contributed by atoms with Crippen LogP contribution in [0.5, 0.6) is 0 Å². The van der Waals surface area contributed by atoms with E-state index in [1.807, 2.05) is 0 Å². The smallest absolute Gasteiger partial charge is 0.246 e. The molecule has 0 aliphatic heterocycles. The second-order valence-electron chi connectivity index (χ2n) is 3.94. The zero-order valence-electron chi connectivity index (χ0n) is 10.2. The van der Waals surface area contributed by atoms with Gasteiger partial charge in [-0.15, -0.1) is 11.3 Å². The highest BCUT2D eigenvalue weighted by Crippen LogP contribution is 2.34. The maximum Gasteiger partial charge on any atom is 0.246 e. The third kappa shape index (κ3) is 3.35. The third-order valence-electron chi connectivity index (χ3n) is 2.50. The van der Waals surface area contributed by atoms with Gasteiger partial charge in [-0.3, -0.25) is 0 Å². The lowest BCUT2D eigenvalue weighted by Crippen LogP contribution is -2.27. The van der Waals surface area contributed by atoms with Crippen LogP contribution in [0.3, 0.4) is 0 Å². The van der Waals surface area contributed by atoms with E-state index in [1.165, 1.54) is 34.8 Å². The lowest BCUT2D eigenvalue weighted by molar-refractivity contribution is 0.463. The molecule has 0 saturated carbocycles. The predicted octanol–water partition coefficient (Wildman–Crippen LogP) is 4.03. The molecule has 9 heteroatoms. The molecule has 0 unspecified atom stereocenters. The van der Waals surface area contributed by atoms with Gasteiger partial charge >= 0.3 is 0 Å². The fraction of sp³-hybridized carbons (Fsp3) is 0.182. The number of benzene rings is 1. The number of halogens is 3. The normalized spacial score (nSPS) is 12.1. The Morgan fingerprint density at radius 1 is 1.35 bits per heavy atom. The average molecular weight is 416 g/mol. The van der Waals surface area contributed by atoms with Crippen molar-refractivity contribution in [3.63, 3.8) is 0 Å². The van der Waals surface area contributed by atoms with Crippen LogP contribution >= 0.6 is 50.5 Å². The van der Waals surface area contributed by atoms with Crippen LogP contribution in [0.4, 0.5) is 0 Å². The van der Waals surface area contributed by atoms with Crippen LogP contribution in [0.15, 0.2) is 32.4 Å². The second kappa shape index (κ2) is 6.29. The molecule has 20 heavy (non-hydrogen) atoms. The second-order valence-corrected chi connectivity index (χ2v) is 8.37. The Balaban J connectivity index is 2.40. The summed E-state index contributed by atoms with van der Waals surface area (Å²) in [6.45, 7) is 0.161. The summed E-state index contributed by atoms with van der Waals surface area (Å²) in [5.74, 6) is 0. The van der Waals surface area contributed by atoms with Crippen LogP contribution in [-0.4, -0.2) is 24.8 Å². The molecule has 1 heterocycles. The molecule has 1 aromatic heterocycles. The van der Waals surface area contributed by atoms with E-state index in [4.69, 9.17) is 23.2 Å². The molecular formula is C11H9BrCl2N2O2S2. The van der Waals surface area contributed by atoms with Gasteiger partial charge in [-0.05, 0) is 12.1 Å². The van der Waals surface area contributed by atoms with E-state index in [-0.39, 0.29) is 21.5 Å². The number of sulfonamides is 1. The minimum Gasteiger partial charge on any atom is -0.248 e. The highest BCUT2D eigenvalue weighted by Gasteiger charge is 2.27. The van der Waals surface area contributed by atoms with Crippen molar-refractivity contribution in [3.8, 4) is 0 Å². The van der Waals surface area contributed by atoms with E-state index < -0.39 is 10.0 Å². The monoisotopic (exact) mass is 414 g/mol. The zero-order chi connectivity index (χ0) is 14.9. The Morgan fingerprint density at radius 3 is 2.45 bits per heavy atom. The lowest BCUT2D eigenvalue weighted by Gasteiger charge is -2.18. The van der Waals surface area contributed by atoms with Gasteiger partial charge in [-0.25, -0.2) is 13.4 Å². The molecule has 0 spiro atoms. The topological polar surface area (TPSA) is 50.3 Å². The number of rotatable bonds is 4. The van der Waals surface area contributed by atoms with E-state index in [1.54, 1.807) is 10.9 Å². The average Bonchev–Trinajstić information content (AvgIpc) is 2.79. The summed E-state index contributed by atoms with van der Waals surface area (Å²) >= 11 is 16.6. The molecule has 0 radical (unpaired) electrons. The van der Waals surface area contributed by atoms with Gasteiger partial charge < -0.3 is 0 Å². The molecule has 0 saturated heterocycles. The molecule has 0 amide bonds. The van der Waals surface area contributed by atoms with E-state index in [0.29, 0.717) is 10.2 Å². The quantitative estimate of drug-likeness (QED) is 0.757. The lowest BCUT2D eigenvalue weighted by atomic mass is 10.4. The minimum absolute atomic E-state index is 0.0782. The van der Waals surface area contributed by atoms with Crippen molar-refractivity contribution in [2.45, 2.75) is 11.4 Å². The van der Waals surface area contributed by atoms with E-state index in [9.17, 15) is 8.42 Å². The summed E-state index contributed by atoms with van der Waals surface area (Å²) in [7, 11) is -2.32. The van der Waals surface area contributed by atoms with Crippen molar-refractivity contribution >= 4 is 60.5 Å². The number of hydrogen-bond donors (Lipinski definition) is 0. The molecule has 2 rings (SSSR count). The van der Waals surface area contributed by atoms with E-state index in [0.717, 1.165) is 0 Å². The van der Waals surface area contributed by atoms with Gasteiger partial charge in [0.05, 0.1) is 27.8 Å². The van der Waals surface area contributed by atoms with Gasteiger partial charge in [0.15, 0.2) is 0 Å². The van der Waals surface area contributed by atoms with Crippen LogP contribution in [0.25, 0.3) is 0 Å². The summed E-state index contributed by atoms with van der Waals surface area (Å²) in [5.41, 5.74) is 2.32. The van der Waals surface area contributed by atoms with Crippen LogP contribution in [0.2, 0.25) is 10.0 Å².